The standard InChI is InChI=1S/C11H16N2O2/c1-7(2)6-13-10(11(14)15)5-9(12-13)8-3-4-8/h5,7-8H,3-4,6H2,1-2H3,(H,14,15). The minimum absolute atomic E-state index is 0.325. The molecule has 1 aromatic rings. The maximum Gasteiger partial charge on any atom is 0.354 e. The van der Waals surface area contributed by atoms with Gasteiger partial charge in [-0.15, -0.1) is 0 Å². The van der Waals surface area contributed by atoms with E-state index in [-0.39, 0.29) is 0 Å². The van der Waals surface area contributed by atoms with Crippen LogP contribution in [0.15, 0.2) is 6.07 Å². The Bertz CT molecular complexity index is 378. The monoisotopic (exact) mass is 208 g/mol. The van der Waals surface area contributed by atoms with Crippen LogP contribution in [0, 0.1) is 5.92 Å². The third kappa shape index (κ3) is 2.19. The molecule has 1 aliphatic carbocycles. The van der Waals surface area contributed by atoms with Crippen molar-refractivity contribution in [2.24, 2.45) is 5.92 Å². The second-order valence-corrected chi connectivity index (χ2v) is 4.61. The summed E-state index contributed by atoms with van der Waals surface area (Å²) in [6.07, 6.45) is 2.30. The van der Waals surface area contributed by atoms with Gasteiger partial charge in [-0.2, -0.15) is 5.10 Å². The largest absolute Gasteiger partial charge is 0.477 e. The molecule has 15 heavy (non-hydrogen) atoms. The Morgan fingerprint density at radius 2 is 2.33 bits per heavy atom. The lowest BCUT2D eigenvalue weighted by molar-refractivity contribution is 0.0682. The Kier molecular flexibility index (Phi) is 2.50. The van der Waals surface area contributed by atoms with E-state index in [2.05, 4.69) is 18.9 Å². The molecule has 1 aromatic heterocycles. The van der Waals surface area contributed by atoms with E-state index in [4.69, 9.17) is 5.11 Å². The molecule has 82 valence electrons. The minimum atomic E-state index is -0.880. The molecule has 0 aliphatic heterocycles. The van der Waals surface area contributed by atoms with Gasteiger partial charge in [0.1, 0.15) is 5.69 Å². The first-order valence-corrected chi connectivity index (χ1v) is 5.39. The molecule has 1 N–H and O–H groups in total. The van der Waals surface area contributed by atoms with E-state index in [1.54, 1.807) is 10.7 Å². The third-order valence-electron chi connectivity index (χ3n) is 2.55. The molecule has 1 heterocycles. The Labute approximate surface area is 88.9 Å². The lowest BCUT2D eigenvalue weighted by Crippen LogP contribution is -2.13. The number of carboxylic acids is 1. The van der Waals surface area contributed by atoms with Gasteiger partial charge >= 0.3 is 5.97 Å². The SMILES string of the molecule is CC(C)Cn1nc(C2CC2)cc1C(=O)O. The van der Waals surface area contributed by atoms with Crippen LogP contribution in [0.1, 0.15) is 48.8 Å². The van der Waals surface area contributed by atoms with E-state index in [0.29, 0.717) is 24.1 Å². The van der Waals surface area contributed by atoms with Gasteiger partial charge in [-0.3, -0.25) is 4.68 Å². The zero-order chi connectivity index (χ0) is 11.0. The van der Waals surface area contributed by atoms with Crippen LogP contribution in [0.3, 0.4) is 0 Å². The second-order valence-electron chi connectivity index (χ2n) is 4.61. The van der Waals surface area contributed by atoms with Crippen LogP contribution in [0.4, 0.5) is 0 Å². The van der Waals surface area contributed by atoms with E-state index in [1.807, 2.05) is 0 Å². The van der Waals surface area contributed by atoms with Crippen LogP contribution in [-0.4, -0.2) is 20.9 Å². The molecule has 0 atom stereocenters. The van der Waals surface area contributed by atoms with Crippen LogP contribution in [0.2, 0.25) is 0 Å². The van der Waals surface area contributed by atoms with E-state index in [9.17, 15) is 4.79 Å². The Morgan fingerprint density at radius 1 is 1.67 bits per heavy atom. The Balaban J connectivity index is 2.28. The maximum absolute atomic E-state index is 11.0. The zero-order valence-corrected chi connectivity index (χ0v) is 9.10. The van der Waals surface area contributed by atoms with Gasteiger partial charge < -0.3 is 5.11 Å². The highest BCUT2D eigenvalue weighted by Crippen LogP contribution is 2.39. The molecule has 4 heteroatoms. The fraction of sp³-hybridized carbons (Fsp3) is 0.636. The van der Waals surface area contributed by atoms with Crippen LogP contribution in [0.25, 0.3) is 0 Å². The van der Waals surface area contributed by atoms with Crippen LogP contribution in [-0.2, 0) is 6.54 Å². The maximum atomic E-state index is 11.0. The minimum Gasteiger partial charge on any atom is -0.477 e. The first-order chi connectivity index (χ1) is 7.08. The summed E-state index contributed by atoms with van der Waals surface area (Å²) in [7, 11) is 0. The van der Waals surface area contributed by atoms with Gasteiger partial charge in [0.2, 0.25) is 0 Å². The molecule has 0 aromatic carbocycles. The summed E-state index contributed by atoms with van der Waals surface area (Å²) in [4.78, 5) is 11.0. The quantitative estimate of drug-likeness (QED) is 0.824. The van der Waals surface area contributed by atoms with Crippen molar-refractivity contribution in [2.45, 2.75) is 39.2 Å². The molecule has 4 nitrogen and oxygen atoms in total. The molecule has 1 saturated carbocycles. The fourth-order valence-electron chi connectivity index (χ4n) is 1.67. The molecule has 0 spiro atoms. The highest BCUT2D eigenvalue weighted by molar-refractivity contribution is 5.85. The van der Waals surface area contributed by atoms with Crippen LogP contribution in [0.5, 0.6) is 0 Å². The van der Waals surface area contributed by atoms with E-state index < -0.39 is 5.97 Å². The Morgan fingerprint density at radius 3 is 2.80 bits per heavy atom. The summed E-state index contributed by atoms with van der Waals surface area (Å²) in [5.74, 6) is 0.0432. The first kappa shape index (κ1) is 10.2. The van der Waals surface area contributed by atoms with Gasteiger partial charge in [-0.25, -0.2) is 4.79 Å². The van der Waals surface area contributed by atoms with Crippen molar-refractivity contribution in [3.8, 4) is 0 Å². The van der Waals surface area contributed by atoms with Gasteiger partial charge in [-0.1, -0.05) is 13.8 Å². The average Bonchev–Trinajstić information content (AvgIpc) is 2.88. The van der Waals surface area contributed by atoms with Crippen molar-refractivity contribution in [2.75, 3.05) is 0 Å². The molecule has 0 amide bonds. The highest BCUT2D eigenvalue weighted by atomic mass is 16.4. The number of aromatic nitrogens is 2. The second kappa shape index (κ2) is 3.68. The normalized spacial score (nSPS) is 15.9. The van der Waals surface area contributed by atoms with Gasteiger partial charge in [0.05, 0.1) is 5.69 Å². The lowest BCUT2D eigenvalue weighted by atomic mass is 10.2. The lowest BCUT2D eigenvalue weighted by Gasteiger charge is -2.06. The van der Waals surface area contributed by atoms with Crippen molar-refractivity contribution in [1.29, 1.82) is 0 Å². The smallest absolute Gasteiger partial charge is 0.354 e. The van der Waals surface area contributed by atoms with Gasteiger partial charge in [-0.05, 0) is 24.8 Å². The third-order valence-corrected chi connectivity index (χ3v) is 2.55. The molecule has 2 rings (SSSR count). The van der Waals surface area contributed by atoms with Crippen molar-refractivity contribution >= 4 is 5.97 Å². The molecule has 0 bridgehead atoms. The van der Waals surface area contributed by atoms with Gasteiger partial charge in [0, 0.05) is 12.5 Å². The summed E-state index contributed by atoms with van der Waals surface area (Å²) in [6, 6.07) is 1.72. The number of rotatable bonds is 4. The van der Waals surface area contributed by atoms with Crippen molar-refractivity contribution in [1.82, 2.24) is 9.78 Å². The van der Waals surface area contributed by atoms with Crippen LogP contribution < -0.4 is 0 Å². The molecular formula is C11H16N2O2. The topological polar surface area (TPSA) is 55.1 Å². The molecule has 1 fully saturated rings. The van der Waals surface area contributed by atoms with Crippen molar-refractivity contribution < 1.29 is 9.90 Å². The number of nitrogens with zero attached hydrogens (tertiary/aromatic N) is 2. The number of hydrogen-bond donors (Lipinski definition) is 1. The number of aromatic carboxylic acids is 1. The fourth-order valence-corrected chi connectivity index (χ4v) is 1.67. The summed E-state index contributed by atoms with van der Waals surface area (Å²) in [5.41, 5.74) is 1.28. The molecule has 0 saturated heterocycles. The summed E-state index contributed by atoms with van der Waals surface area (Å²) >= 11 is 0. The average molecular weight is 208 g/mol. The predicted molar refractivity (Wildman–Crippen MR) is 56.0 cm³/mol. The number of carboxylic acid groups (broad SMARTS) is 1. The molecule has 0 unspecified atom stereocenters. The van der Waals surface area contributed by atoms with E-state index >= 15 is 0 Å². The van der Waals surface area contributed by atoms with E-state index in [0.717, 1.165) is 18.5 Å². The predicted octanol–water partition coefficient (Wildman–Crippen LogP) is 2.11. The molecular weight excluding hydrogens is 192 g/mol. The van der Waals surface area contributed by atoms with Gasteiger partial charge in [0.15, 0.2) is 0 Å². The summed E-state index contributed by atoms with van der Waals surface area (Å²) in [5, 5.41) is 13.4. The number of hydrogen-bond acceptors (Lipinski definition) is 2. The summed E-state index contributed by atoms with van der Waals surface area (Å²) in [6.45, 7) is 4.79. The first-order valence-electron chi connectivity index (χ1n) is 5.39. The molecule has 1 aliphatic rings. The highest BCUT2D eigenvalue weighted by Gasteiger charge is 2.28. The zero-order valence-electron chi connectivity index (χ0n) is 9.10. The number of carbonyl (C=O) groups is 1. The van der Waals surface area contributed by atoms with Crippen molar-refractivity contribution in [3.05, 3.63) is 17.5 Å². The molecule has 0 radical (unpaired) electrons. The Hall–Kier alpha value is -1.32. The summed E-state index contributed by atoms with van der Waals surface area (Å²) < 4.78 is 1.63. The van der Waals surface area contributed by atoms with Gasteiger partial charge in [0.25, 0.3) is 0 Å². The van der Waals surface area contributed by atoms with Crippen LogP contribution >= 0.6 is 0 Å². The van der Waals surface area contributed by atoms with E-state index in [1.165, 1.54) is 0 Å². The van der Waals surface area contributed by atoms with Crippen molar-refractivity contribution in [3.63, 3.8) is 0 Å².